The van der Waals surface area contributed by atoms with E-state index in [1.54, 1.807) is 24.3 Å². The van der Waals surface area contributed by atoms with Crippen LogP contribution in [0.5, 0.6) is 0 Å². The smallest absolute Gasteiger partial charge is 0.261 e. The standard InChI is InChI=1S/C26H17Cl2N5O2/c27-16-7-5-15(6-8-16)24-20-13-17(28)9-10-21(20)33-22(30-31-23(33)14-29-24)11-12-32-25(34)18-3-1-2-4-19(18)26(32)35/h1-10,13H,11-12,14H2. The van der Waals surface area contributed by atoms with Gasteiger partial charge in [0.1, 0.15) is 12.4 Å². The van der Waals surface area contributed by atoms with Gasteiger partial charge in [0, 0.05) is 34.1 Å². The van der Waals surface area contributed by atoms with Gasteiger partial charge in [-0.25, -0.2) is 0 Å². The SMILES string of the molecule is O=C1c2ccccc2C(=O)N1CCc1nnc2n1-c1ccc(Cl)cc1C(c1ccc(Cl)cc1)=NC2. The topological polar surface area (TPSA) is 80.5 Å². The summed E-state index contributed by atoms with van der Waals surface area (Å²) in [7, 11) is 0. The highest BCUT2D eigenvalue weighted by Crippen LogP contribution is 2.29. The van der Waals surface area contributed by atoms with E-state index >= 15 is 0 Å². The van der Waals surface area contributed by atoms with Crippen molar-refractivity contribution in [2.75, 3.05) is 6.54 Å². The number of aromatic nitrogens is 3. The average Bonchev–Trinajstić information content (AvgIpc) is 3.32. The summed E-state index contributed by atoms with van der Waals surface area (Å²) in [6.45, 7) is 0.503. The first-order valence-corrected chi connectivity index (χ1v) is 11.8. The second kappa shape index (κ2) is 8.45. The summed E-state index contributed by atoms with van der Waals surface area (Å²) in [5, 5.41) is 9.96. The predicted octanol–water partition coefficient (Wildman–Crippen LogP) is 4.76. The van der Waals surface area contributed by atoms with Crippen LogP contribution in [0, 0.1) is 0 Å². The Morgan fingerprint density at radius 3 is 2.20 bits per heavy atom. The molecule has 0 bridgehead atoms. The highest BCUT2D eigenvalue weighted by atomic mass is 35.5. The van der Waals surface area contributed by atoms with Gasteiger partial charge in [0.2, 0.25) is 0 Å². The summed E-state index contributed by atoms with van der Waals surface area (Å²) in [6, 6.07) is 19.9. The van der Waals surface area contributed by atoms with E-state index in [1.807, 2.05) is 47.0 Å². The molecule has 3 heterocycles. The average molecular weight is 502 g/mol. The van der Waals surface area contributed by atoms with Crippen molar-refractivity contribution in [1.29, 1.82) is 0 Å². The summed E-state index contributed by atoms with van der Waals surface area (Å²) in [5.74, 6) is 0.714. The van der Waals surface area contributed by atoms with Crippen LogP contribution in [-0.4, -0.2) is 43.7 Å². The molecule has 0 fully saturated rings. The number of amides is 2. The Hall–Kier alpha value is -3.81. The van der Waals surface area contributed by atoms with Crippen molar-refractivity contribution in [3.8, 4) is 5.69 Å². The van der Waals surface area contributed by atoms with Crippen LogP contribution in [0.4, 0.5) is 0 Å². The minimum absolute atomic E-state index is 0.193. The lowest BCUT2D eigenvalue weighted by molar-refractivity contribution is 0.0655. The quantitative estimate of drug-likeness (QED) is 0.377. The van der Waals surface area contributed by atoms with Crippen LogP contribution < -0.4 is 0 Å². The molecule has 0 saturated carbocycles. The number of rotatable bonds is 4. The van der Waals surface area contributed by atoms with Gasteiger partial charge in [-0.3, -0.25) is 24.0 Å². The number of hydrogen-bond donors (Lipinski definition) is 0. The van der Waals surface area contributed by atoms with E-state index in [1.165, 1.54) is 4.90 Å². The molecule has 35 heavy (non-hydrogen) atoms. The van der Waals surface area contributed by atoms with Crippen molar-refractivity contribution in [3.63, 3.8) is 0 Å². The molecule has 0 atom stereocenters. The zero-order chi connectivity index (χ0) is 24.1. The van der Waals surface area contributed by atoms with Gasteiger partial charge in [0.15, 0.2) is 5.82 Å². The number of hydrogen-bond acceptors (Lipinski definition) is 5. The van der Waals surface area contributed by atoms with Gasteiger partial charge in [-0.2, -0.15) is 0 Å². The van der Waals surface area contributed by atoms with Crippen LogP contribution in [-0.2, 0) is 13.0 Å². The van der Waals surface area contributed by atoms with Gasteiger partial charge in [-0.1, -0.05) is 47.5 Å². The molecular weight excluding hydrogens is 485 g/mol. The van der Waals surface area contributed by atoms with Crippen LogP contribution in [0.1, 0.15) is 43.5 Å². The molecule has 7 nitrogen and oxygen atoms in total. The van der Waals surface area contributed by atoms with E-state index in [0.717, 1.165) is 22.5 Å². The molecule has 172 valence electrons. The molecule has 6 rings (SSSR count). The van der Waals surface area contributed by atoms with Gasteiger partial charge < -0.3 is 0 Å². The van der Waals surface area contributed by atoms with Crippen LogP contribution >= 0.6 is 23.2 Å². The second-order valence-corrected chi connectivity index (χ2v) is 9.13. The summed E-state index contributed by atoms with van der Waals surface area (Å²) >= 11 is 12.5. The maximum Gasteiger partial charge on any atom is 0.261 e. The van der Waals surface area contributed by atoms with Crippen LogP contribution in [0.15, 0.2) is 71.7 Å². The Kier molecular flexibility index (Phi) is 5.24. The number of carbonyl (C=O) groups is 2. The molecule has 0 aliphatic carbocycles. The summed E-state index contributed by atoms with van der Waals surface area (Å²) in [6.07, 6.45) is 0.344. The molecule has 0 N–H and O–H groups in total. The number of aliphatic imine (C=N–C) groups is 1. The molecule has 2 aliphatic heterocycles. The lowest BCUT2D eigenvalue weighted by Crippen LogP contribution is -2.32. The van der Waals surface area contributed by atoms with E-state index in [-0.39, 0.29) is 18.4 Å². The van der Waals surface area contributed by atoms with Crippen molar-refractivity contribution in [2.24, 2.45) is 4.99 Å². The van der Waals surface area contributed by atoms with E-state index in [9.17, 15) is 9.59 Å². The number of nitrogens with zero attached hydrogens (tertiary/aromatic N) is 5. The van der Waals surface area contributed by atoms with E-state index in [2.05, 4.69) is 10.2 Å². The van der Waals surface area contributed by atoms with Gasteiger partial charge in [-0.15, -0.1) is 10.2 Å². The Bertz CT molecular complexity index is 1510. The number of imide groups is 1. The van der Waals surface area contributed by atoms with E-state index < -0.39 is 0 Å². The Morgan fingerprint density at radius 2 is 1.49 bits per heavy atom. The highest BCUT2D eigenvalue weighted by molar-refractivity contribution is 6.32. The number of halogens is 2. The lowest BCUT2D eigenvalue weighted by atomic mass is 10.0. The lowest BCUT2D eigenvalue weighted by Gasteiger charge is -2.16. The van der Waals surface area contributed by atoms with Crippen molar-refractivity contribution >= 4 is 40.7 Å². The maximum atomic E-state index is 12.8. The van der Waals surface area contributed by atoms with E-state index in [4.69, 9.17) is 28.2 Å². The van der Waals surface area contributed by atoms with Crippen molar-refractivity contribution < 1.29 is 9.59 Å². The maximum absolute atomic E-state index is 12.8. The van der Waals surface area contributed by atoms with Crippen LogP contribution in [0.25, 0.3) is 5.69 Å². The van der Waals surface area contributed by atoms with Crippen LogP contribution in [0.2, 0.25) is 10.0 Å². The predicted molar refractivity (Wildman–Crippen MR) is 133 cm³/mol. The molecule has 2 aliphatic rings. The van der Waals surface area contributed by atoms with Crippen molar-refractivity contribution in [3.05, 3.63) is 111 Å². The molecule has 0 radical (unpaired) electrons. The zero-order valence-corrected chi connectivity index (χ0v) is 19.8. The van der Waals surface area contributed by atoms with Gasteiger partial charge in [0.05, 0.1) is 22.5 Å². The van der Waals surface area contributed by atoms with Crippen LogP contribution in [0.3, 0.4) is 0 Å². The molecule has 4 aromatic rings. The Labute approximate surface area is 210 Å². The fourth-order valence-corrected chi connectivity index (χ4v) is 4.83. The third kappa shape index (κ3) is 3.64. The van der Waals surface area contributed by atoms with Gasteiger partial charge in [-0.05, 0) is 42.5 Å². The number of fused-ring (bicyclic) bond motifs is 4. The number of carbonyl (C=O) groups excluding carboxylic acids is 2. The zero-order valence-electron chi connectivity index (χ0n) is 18.3. The fraction of sp³-hybridized carbons (Fsp3) is 0.115. The monoisotopic (exact) mass is 501 g/mol. The molecule has 9 heteroatoms. The molecular formula is C26H17Cl2N5O2. The molecule has 0 unspecified atom stereocenters. The first kappa shape index (κ1) is 21.7. The summed E-state index contributed by atoms with van der Waals surface area (Å²) in [5.41, 5.74) is 4.20. The first-order valence-electron chi connectivity index (χ1n) is 11.0. The minimum atomic E-state index is -0.290. The molecule has 0 spiro atoms. The van der Waals surface area contributed by atoms with Crippen molar-refractivity contribution in [1.82, 2.24) is 19.7 Å². The molecule has 0 saturated heterocycles. The third-order valence-corrected chi connectivity index (χ3v) is 6.67. The fourth-order valence-electron chi connectivity index (χ4n) is 4.53. The summed E-state index contributed by atoms with van der Waals surface area (Å²) < 4.78 is 1.94. The third-order valence-electron chi connectivity index (χ3n) is 6.19. The van der Waals surface area contributed by atoms with Gasteiger partial charge >= 0.3 is 0 Å². The Balaban J connectivity index is 1.36. The molecule has 3 aromatic carbocycles. The minimum Gasteiger partial charge on any atom is -0.281 e. The van der Waals surface area contributed by atoms with Gasteiger partial charge in [0.25, 0.3) is 11.8 Å². The largest absolute Gasteiger partial charge is 0.281 e. The Morgan fingerprint density at radius 1 is 0.800 bits per heavy atom. The summed E-state index contributed by atoms with van der Waals surface area (Å²) in [4.78, 5) is 31.7. The van der Waals surface area contributed by atoms with Crippen molar-refractivity contribution in [2.45, 2.75) is 13.0 Å². The number of benzene rings is 3. The normalized spacial score (nSPS) is 14.3. The second-order valence-electron chi connectivity index (χ2n) is 8.26. The molecule has 2 amide bonds. The highest BCUT2D eigenvalue weighted by Gasteiger charge is 2.35. The first-order chi connectivity index (χ1) is 17.0. The molecule has 1 aromatic heterocycles. The van der Waals surface area contributed by atoms with E-state index in [0.29, 0.717) is 45.8 Å².